The zero-order chi connectivity index (χ0) is 10.8. The Bertz CT molecular complexity index is 503. The van der Waals surface area contributed by atoms with Crippen molar-refractivity contribution < 1.29 is 4.79 Å². The smallest absolute Gasteiger partial charge is 0.270 e. The first kappa shape index (κ1) is 9.64. The van der Waals surface area contributed by atoms with Crippen LogP contribution in [-0.2, 0) is 0 Å². The Labute approximate surface area is 87.1 Å². The maximum atomic E-state index is 11.7. The SMILES string of the molecule is CCNC(=O)c1ccnc2cc(C)nn12. The minimum atomic E-state index is -0.131. The summed E-state index contributed by atoms with van der Waals surface area (Å²) in [5.74, 6) is -0.131. The number of hydrogen-bond donors (Lipinski definition) is 1. The van der Waals surface area contributed by atoms with Crippen LogP contribution in [-0.4, -0.2) is 27.0 Å². The van der Waals surface area contributed by atoms with E-state index in [0.717, 1.165) is 5.69 Å². The van der Waals surface area contributed by atoms with Gasteiger partial charge in [0, 0.05) is 18.8 Å². The van der Waals surface area contributed by atoms with E-state index in [2.05, 4.69) is 15.4 Å². The van der Waals surface area contributed by atoms with E-state index in [1.54, 1.807) is 16.8 Å². The maximum absolute atomic E-state index is 11.7. The number of nitrogens with zero attached hydrogens (tertiary/aromatic N) is 3. The quantitative estimate of drug-likeness (QED) is 0.786. The van der Waals surface area contributed by atoms with Crippen LogP contribution in [0.5, 0.6) is 0 Å². The van der Waals surface area contributed by atoms with Gasteiger partial charge in [-0.3, -0.25) is 4.79 Å². The van der Waals surface area contributed by atoms with Crippen LogP contribution in [0, 0.1) is 6.92 Å². The van der Waals surface area contributed by atoms with Crippen LogP contribution in [0.4, 0.5) is 0 Å². The predicted octanol–water partition coefficient (Wildman–Crippen LogP) is 0.787. The van der Waals surface area contributed by atoms with Crippen molar-refractivity contribution in [2.45, 2.75) is 13.8 Å². The van der Waals surface area contributed by atoms with Crippen LogP contribution < -0.4 is 5.32 Å². The second-order valence-electron chi connectivity index (χ2n) is 3.25. The fraction of sp³-hybridized carbons (Fsp3) is 0.300. The molecule has 5 nitrogen and oxygen atoms in total. The average Bonchev–Trinajstić information content (AvgIpc) is 2.57. The second-order valence-corrected chi connectivity index (χ2v) is 3.25. The van der Waals surface area contributed by atoms with Gasteiger partial charge >= 0.3 is 0 Å². The minimum absolute atomic E-state index is 0.131. The van der Waals surface area contributed by atoms with Crippen molar-refractivity contribution in [1.82, 2.24) is 19.9 Å². The summed E-state index contributed by atoms with van der Waals surface area (Å²) in [6, 6.07) is 3.49. The van der Waals surface area contributed by atoms with Crippen molar-refractivity contribution in [3.8, 4) is 0 Å². The number of rotatable bonds is 2. The lowest BCUT2D eigenvalue weighted by molar-refractivity contribution is 0.0948. The van der Waals surface area contributed by atoms with Crippen LogP contribution in [0.25, 0.3) is 5.65 Å². The van der Waals surface area contributed by atoms with Gasteiger partial charge in [0.05, 0.1) is 5.69 Å². The summed E-state index contributed by atoms with van der Waals surface area (Å²) >= 11 is 0. The molecule has 0 saturated heterocycles. The number of amides is 1. The van der Waals surface area contributed by atoms with Crippen molar-refractivity contribution in [3.05, 3.63) is 29.7 Å². The first-order valence-electron chi connectivity index (χ1n) is 4.82. The molecule has 1 amide bonds. The van der Waals surface area contributed by atoms with Crippen LogP contribution >= 0.6 is 0 Å². The molecule has 0 aliphatic carbocycles. The number of aromatic nitrogens is 3. The Morgan fingerprint density at radius 2 is 2.40 bits per heavy atom. The fourth-order valence-corrected chi connectivity index (χ4v) is 1.43. The third-order valence-corrected chi connectivity index (χ3v) is 2.05. The molecule has 0 saturated carbocycles. The third-order valence-electron chi connectivity index (χ3n) is 2.05. The van der Waals surface area contributed by atoms with Gasteiger partial charge in [-0.1, -0.05) is 0 Å². The second kappa shape index (κ2) is 3.68. The molecule has 2 aromatic rings. The number of aryl methyl sites for hydroxylation is 1. The maximum Gasteiger partial charge on any atom is 0.270 e. The molecule has 0 aromatic carbocycles. The largest absolute Gasteiger partial charge is 0.351 e. The van der Waals surface area contributed by atoms with Crippen molar-refractivity contribution in [1.29, 1.82) is 0 Å². The molecular formula is C10H12N4O. The molecule has 0 bridgehead atoms. The van der Waals surface area contributed by atoms with Crippen LogP contribution in [0.2, 0.25) is 0 Å². The fourth-order valence-electron chi connectivity index (χ4n) is 1.43. The molecule has 78 valence electrons. The Morgan fingerprint density at radius 1 is 1.60 bits per heavy atom. The van der Waals surface area contributed by atoms with Gasteiger partial charge < -0.3 is 5.32 Å². The van der Waals surface area contributed by atoms with E-state index in [1.165, 1.54) is 0 Å². The summed E-state index contributed by atoms with van der Waals surface area (Å²) < 4.78 is 1.56. The number of carbonyl (C=O) groups is 1. The molecule has 5 heteroatoms. The van der Waals surface area contributed by atoms with Crippen molar-refractivity contribution in [2.24, 2.45) is 0 Å². The third kappa shape index (κ3) is 1.68. The molecule has 2 rings (SSSR count). The highest BCUT2D eigenvalue weighted by molar-refractivity contribution is 5.92. The molecule has 0 radical (unpaired) electrons. The highest BCUT2D eigenvalue weighted by Crippen LogP contribution is 2.05. The number of carbonyl (C=O) groups excluding carboxylic acids is 1. The van der Waals surface area contributed by atoms with Gasteiger partial charge in [0.1, 0.15) is 5.69 Å². The van der Waals surface area contributed by atoms with Gasteiger partial charge in [-0.25, -0.2) is 9.50 Å². The van der Waals surface area contributed by atoms with E-state index in [1.807, 2.05) is 19.9 Å². The molecule has 0 aliphatic rings. The van der Waals surface area contributed by atoms with E-state index in [9.17, 15) is 4.79 Å². The highest BCUT2D eigenvalue weighted by Gasteiger charge is 2.10. The molecule has 0 aliphatic heterocycles. The first-order valence-corrected chi connectivity index (χ1v) is 4.82. The summed E-state index contributed by atoms with van der Waals surface area (Å²) in [6.45, 7) is 4.35. The molecule has 0 atom stereocenters. The topological polar surface area (TPSA) is 59.3 Å². The standard InChI is InChI=1S/C10H12N4O/c1-3-11-10(15)8-4-5-12-9-6-7(2)13-14(8)9/h4-6H,3H2,1-2H3,(H,11,15). The summed E-state index contributed by atoms with van der Waals surface area (Å²) in [5, 5.41) is 6.95. The summed E-state index contributed by atoms with van der Waals surface area (Å²) in [4.78, 5) is 15.8. The molecule has 15 heavy (non-hydrogen) atoms. The molecular weight excluding hydrogens is 192 g/mol. The van der Waals surface area contributed by atoms with Crippen molar-refractivity contribution >= 4 is 11.6 Å². The number of hydrogen-bond acceptors (Lipinski definition) is 3. The Kier molecular flexibility index (Phi) is 2.37. The monoisotopic (exact) mass is 204 g/mol. The van der Waals surface area contributed by atoms with Gasteiger partial charge in [-0.15, -0.1) is 0 Å². The zero-order valence-corrected chi connectivity index (χ0v) is 8.69. The molecule has 2 aromatic heterocycles. The van der Waals surface area contributed by atoms with E-state index in [-0.39, 0.29) is 5.91 Å². The predicted molar refractivity (Wildman–Crippen MR) is 55.7 cm³/mol. The van der Waals surface area contributed by atoms with E-state index in [0.29, 0.717) is 17.9 Å². The molecule has 1 N–H and O–H groups in total. The van der Waals surface area contributed by atoms with Gasteiger partial charge in [0.25, 0.3) is 5.91 Å². The molecule has 0 fully saturated rings. The van der Waals surface area contributed by atoms with Gasteiger partial charge in [0.2, 0.25) is 0 Å². The van der Waals surface area contributed by atoms with Gasteiger partial charge in [0.15, 0.2) is 5.65 Å². The van der Waals surface area contributed by atoms with Gasteiger partial charge in [-0.05, 0) is 19.9 Å². The first-order chi connectivity index (χ1) is 7.22. The molecule has 0 spiro atoms. The summed E-state index contributed by atoms with van der Waals surface area (Å²) in [6.07, 6.45) is 1.61. The number of nitrogens with one attached hydrogen (secondary N) is 1. The lowest BCUT2D eigenvalue weighted by atomic mass is 10.3. The lowest BCUT2D eigenvalue weighted by Gasteiger charge is -2.03. The molecule has 2 heterocycles. The Balaban J connectivity index is 2.55. The van der Waals surface area contributed by atoms with E-state index in [4.69, 9.17) is 0 Å². The Morgan fingerprint density at radius 3 is 3.13 bits per heavy atom. The van der Waals surface area contributed by atoms with E-state index < -0.39 is 0 Å². The van der Waals surface area contributed by atoms with Crippen molar-refractivity contribution in [3.63, 3.8) is 0 Å². The van der Waals surface area contributed by atoms with E-state index >= 15 is 0 Å². The summed E-state index contributed by atoms with van der Waals surface area (Å²) in [7, 11) is 0. The van der Waals surface area contributed by atoms with Crippen molar-refractivity contribution in [2.75, 3.05) is 6.54 Å². The Hall–Kier alpha value is -1.91. The van der Waals surface area contributed by atoms with Crippen LogP contribution in [0.3, 0.4) is 0 Å². The lowest BCUT2D eigenvalue weighted by Crippen LogP contribution is -2.25. The average molecular weight is 204 g/mol. The zero-order valence-electron chi connectivity index (χ0n) is 8.69. The van der Waals surface area contributed by atoms with Crippen LogP contribution in [0.15, 0.2) is 18.3 Å². The normalized spacial score (nSPS) is 10.5. The van der Waals surface area contributed by atoms with Gasteiger partial charge in [-0.2, -0.15) is 5.10 Å². The molecule has 0 unspecified atom stereocenters. The van der Waals surface area contributed by atoms with Crippen LogP contribution in [0.1, 0.15) is 23.1 Å². The highest BCUT2D eigenvalue weighted by atomic mass is 16.1. The summed E-state index contributed by atoms with van der Waals surface area (Å²) in [5.41, 5.74) is 2.05. The number of fused-ring (bicyclic) bond motifs is 1. The minimum Gasteiger partial charge on any atom is -0.351 e.